The Kier molecular flexibility index (Phi) is 3.34. The van der Waals surface area contributed by atoms with Gasteiger partial charge in [0.05, 0.1) is 16.3 Å². The number of thiazole rings is 1. The number of nitrogen functional groups attached to an aromatic ring is 1. The highest BCUT2D eigenvalue weighted by atomic mass is 32.1. The minimum absolute atomic E-state index is 0.207. The van der Waals surface area contributed by atoms with E-state index in [4.69, 9.17) is 5.73 Å². The van der Waals surface area contributed by atoms with E-state index in [0.29, 0.717) is 10.7 Å². The predicted molar refractivity (Wildman–Crippen MR) is 68.9 cm³/mol. The predicted octanol–water partition coefficient (Wildman–Crippen LogP) is 1.20. The molecule has 86 valence electrons. The fourth-order valence-corrected chi connectivity index (χ4v) is 2.38. The maximum absolute atomic E-state index is 9.80. The van der Waals surface area contributed by atoms with Crippen molar-refractivity contribution in [2.45, 2.75) is 12.2 Å². The van der Waals surface area contributed by atoms with Crippen LogP contribution in [0, 0.1) is 0 Å². The van der Waals surface area contributed by atoms with E-state index in [2.05, 4.69) is 17.6 Å². The van der Waals surface area contributed by atoms with Gasteiger partial charge in [0.1, 0.15) is 6.10 Å². The number of hydrogen-bond acceptors (Lipinski definition) is 6. The molecule has 4 N–H and O–H groups in total. The van der Waals surface area contributed by atoms with Crippen molar-refractivity contribution in [1.82, 2.24) is 4.98 Å². The lowest BCUT2D eigenvalue weighted by Crippen LogP contribution is -2.19. The van der Waals surface area contributed by atoms with Crippen molar-refractivity contribution in [3.63, 3.8) is 0 Å². The Hall–Kier alpha value is -0.820. The number of hydrogen-bond donors (Lipinski definition) is 4. The van der Waals surface area contributed by atoms with Crippen molar-refractivity contribution in [2.75, 3.05) is 11.5 Å². The number of aromatic nitrogens is 1. The molecule has 0 aliphatic rings. The highest BCUT2D eigenvalue weighted by Crippen LogP contribution is 2.27. The van der Waals surface area contributed by atoms with E-state index in [9.17, 15) is 10.2 Å². The van der Waals surface area contributed by atoms with Gasteiger partial charge in [-0.1, -0.05) is 17.4 Å². The van der Waals surface area contributed by atoms with E-state index >= 15 is 0 Å². The van der Waals surface area contributed by atoms with Gasteiger partial charge in [0.2, 0.25) is 0 Å². The standard InChI is InChI=1S/C10H12N2O2S2/c11-10-12-6-3-5(1-2-8(6)16-10)9(14)7(13)4-15/h1-3,7,9,13-15H,4H2,(H2,11,12). The van der Waals surface area contributed by atoms with Gasteiger partial charge in [-0.3, -0.25) is 0 Å². The zero-order chi connectivity index (χ0) is 11.7. The second-order valence-electron chi connectivity index (χ2n) is 3.47. The molecule has 6 heteroatoms. The molecule has 1 aromatic carbocycles. The molecular formula is C10H12N2O2S2. The molecule has 2 aromatic rings. The Labute approximate surface area is 102 Å². The quantitative estimate of drug-likeness (QED) is 0.622. The van der Waals surface area contributed by atoms with Crippen molar-refractivity contribution >= 4 is 39.3 Å². The van der Waals surface area contributed by atoms with Crippen LogP contribution in [-0.2, 0) is 0 Å². The van der Waals surface area contributed by atoms with Crippen LogP contribution in [0.25, 0.3) is 10.2 Å². The van der Waals surface area contributed by atoms with Gasteiger partial charge in [0.15, 0.2) is 5.13 Å². The summed E-state index contributed by atoms with van der Waals surface area (Å²) in [5, 5.41) is 19.8. The Morgan fingerprint density at radius 1 is 1.44 bits per heavy atom. The lowest BCUT2D eigenvalue weighted by molar-refractivity contribution is 0.0338. The first-order chi connectivity index (χ1) is 7.61. The molecule has 2 unspecified atom stereocenters. The van der Waals surface area contributed by atoms with Crippen molar-refractivity contribution < 1.29 is 10.2 Å². The molecular weight excluding hydrogens is 244 g/mol. The number of fused-ring (bicyclic) bond motifs is 1. The summed E-state index contributed by atoms with van der Waals surface area (Å²) in [6.45, 7) is 0. The molecule has 2 rings (SSSR count). The molecule has 0 aliphatic heterocycles. The third kappa shape index (κ3) is 2.15. The average molecular weight is 256 g/mol. The van der Waals surface area contributed by atoms with Crippen LogP contribution < -0.4 is 5.73 Å². The number of aliphatic hydroxyl groups excluding tert-OH is 2. The number of thiol groups is 1. The zero-order valence-electron chi connectivity index (χ0n) is 8.37. The van der Waals surface area contributed by atoms with Crippen LogP contribution in [0.1, 0.15) is 11.7 Å². The number of nitrogens with two attached hydrogens (primary N) is 1. The number of anilines is 1. The zero-order valence-corrected chi connectivity index (χ0v) is 10.1. The molecule has 0 bridgehead atoms. The molecule has 0 radical (unpaired) electrons. The summed E-state index contributed by atoms with van der Waals surface area (Å²) in [5.74, 6) is 0.207. The Bertz CT molecular complexity index is 501. The van der Waals surface area contributed by atoms with Crippen LogP contribution in [0.3, 0.4) is 0 Å². The summed E-state index contributed by atoms with van der Waals surface area (Å²) in [6, 6.07) is 5.34. The summed E-state index contributed by atoms with van der Waals surface area (Å²) >= 11 is 5.33. The molecule has 0 spiro atoms. The second kappa shape index (κ2) is 4.58. The summed E-state index contributed by atoms with van der Waals surface area (Å²) in [7, 11) is 0. The lowest BCUT2D eigenvalue weighted by Gasteiger charge is -2.15. The second-order valence-corrected chi connectivity index (χ2v) is 4.90. The first kappa shape index (κ1) is 11.7. The summed E-state index contributed by atoms with van der Waals surface area (Å²) in [4.78, 5) is 4.13. The lowest BCUT2D eigenvalue weighted by atomic mass is 10.1. The number of benzene rings is 1. The van der Waals surface area contributed by atoms with Crippen LogP contribution in [0.2, 0.25) is 0 Å². The monoisotopic (exact) mass is 256 g/mol. The van der Waals surface area contributed by atoms with Crippen molar-refractivity contribution in [1.29, 1.82) is 0 Å². The van der Waals surface area contributed by atoms with Gasteiger partial charge in [-0.15, -0.1) is 0 Å². The minimum Gasteiger partial charge on any atom is -0.389 e. The van der Waals surface area contributed by atoms with E-state index in [1.165, 1.54) is 11.3 Å². The SMILES string of the molecule is Nc1nc2cc(C(O)C(O)CS)ccc2s1. The van der Waals surface area contributed by atoms with Crippen LogP contribution >= 0.6 is 24.0 Å². The Morgan fingerprint density at radius 3 is 2.88 bits per heavy atom. The molecule has 2 atom stereocenters. The van der Waals surface area contributed by atoms with E-state index in [-0.39, 0.29) is 5.75 Å². The van der Waals surface area contributed by atoms with E-state index < -0.39 is 12.2 Å². The van der Waals surface area contributed by atoms with Gasteiger partial charge in [-0.05, 0) is 17.7 Å². The van der Waals surface area contributed by atoms with Gasteiger partial charge >= 0.3 is 0 Å². The smallest absolute Gasteiger partial charge is 0.181 e. The van der Waals surface area contributed by atoms with E-state index in [0.717, 1.165) is 10.2 Å². The summed E-state index contributed by atoms with van der Waals surface area (Å²) in [6.07, 6.45) is -1.82. The third-order valence-electron chi connectivity index (χ3n) is 2.32. The van der Waals surface area contributed by atoms with Gasteiger partial charge in [-0.25, -0.2) is 4.98 Å². The Balaban J connectivity index is 2.38. The fraction of sp³-hybridized carbons (Fsp3) is 0.300. The number of aliphatic hydroxyl groups is 2. The fourth-order valence-electron chi connectivity index (χ4n) is 1.47. The highest BCUT2D eigenvalue weighted by Gasteiger charge is 2.17. The first-order valence-corrected chi connectivity index (χ1v) is 6.19. The van der Waals surface area contributed by atoms with E-state index in [1.807, 2.05) is 6.07 Å². The number of nitrogens with zero attached hydrogens (tertiary/aromatic N) is 1. The van der Waals surface area contributed by atoms with Crippen LogP contribution in [0.5, 0.6) is 0 Å². The molecule has 0 saturated heterocycles. The van der Waals surface area contributed by atoms with Crippen LogP contribution in [0.15, 0.2) is 18.2 Å². The average Bonchev–Trinajstić information content (AvgIpc) is 2.65. The first-order valence-electron chi connectivity index (χ1n) is 4.75. The van der Waals surface area contributed by atoms with Crippen LogP contribution in [0.4, 0.5) is 5.13 Å². The maximum atomic E-state index is 9.80. The normalized spacial score (nSPS) is 15.2. The topological polar surface area (TPSA) is 79.4 Å². The molecule has 0 fully saturated rings. The largest absolute Gasteiger partial charge is 0.389 e. The van der Waals surface area contributed by atoms with Gasteiger partial charge in [-0.2, -0.15) is 12.6 Å². The highest BCUT2D eigenvalue weighted by molar-refractivity contribution is 7.80. The van der Waals surface area contributed by atoms with Crippen molar-refractivity contribution in [3.8, 4) is 0 Å². The molecule has 0 aliphatic carbocycles. The van der Waals surface area contributed by atoms with E-state index in [1.54, 1.807) is 12.1 Å². The Morgan fingerprint density at radius 2 is 2.19 bits per heavy atom. The van der Waals surface area contributed by atoms with Gasteiger partial charge in [0.25, 0.3) is 0 Å². The summed E-state index contributed by atoms with van der Waals surface area (Å²) in [5.41, 5.74) is 6.95. The van der Waals surface area contributed by atoms with Crippen molar-refractivity contribution in [3.05, 3.63) is 23.8 Å². The number of rotatable bonds is 3. The molecule has 4 nitrogen and oxygen atoms in total. The van der Waals surface area contributed by atoms with Crippen molar-refractivity contribution in [2.24, 2.45) is 0 Å². The minimum atomic E-state index is -0.940. The molecule has 16 heavy (non-hydrogen) atoms. The van der Waals surface area contributed by atoms with Gasteiger partial charge in [0, 0.05) is 5.75 Å². The molecule has 1 aromatic heterocycles. The maximum Gasteiger partial charge on any atom is 0.181 e. The molecule has 0 amide bonds. The van der Waals surface area contributed by atoms with Gasteiger partial charge < -0.3 is 15.9 Å². The molecule has 0 saturated carbocycles. The van der Waals surface area contributed by atoms with Crippen LogP contribution in [-0.4, -0.2) is 27.1 Å². The third-order valence-corrected chi connectivity index (χ3v) is 3.56. The molecule has 1 heterocycles. The summed E-state index contributed by atoms with van der Waals surface area (Å²) < 4.78 is 0.966.